The Labute approximate surface area is 146 Å². The molecule has 2 aromatic rings. The van der Waals surface area contributed by atoms with Gasteiger partial charge in [0.15, 0.2) is 0 Å². The molecular weight excluding hydrogens is 324 g/mol. The first-order valence-corrected chi connectivity index (χ1v) is 9.65. The lowest BCUT2D eigenvalue weighted by Crippen LogP contribution is -2.19. The molecular formula is C18H20N2OS2. The molecule has 0 aliphatic carbocycles. The second-order valence-corrected chi connectivity index (χ2v) is 6.85. The van der Waals surface area contributed by atoms with E-state index in [9.17, 15) is 4.79 Å². The summed E-state index contributed by atoms with van der Waals surface area (Å²) in [6.07, 6.45) is 3.70. The molecule has 0 aromatic heterocycles. The second-order valence-electron chi connectivity index (χ2n) is 4.99. The van der Waals surface area contributed by atoms with E-state index in [-0.39, 0.29) is 5.91 Å². The van der Waals surface area contributed by atoms with Crippen LogP contribution in [-0.4, -0.2) is 24.1 Å². The van der Waals surface area contributed by atoms with Gasteiger partial charge in [-0.2, -0.15) is 5.10 Å². The summed E-state index contributed by atoms with van der Waals surface area (Å²) in [5.41, 5.74) is 6.06. The van der Waals surface area contributed by atoms with Gasteiger partial charge in [0.1, 0.15) is 0 Å². The second kappa shape index (κ2) is 9.43. The lowest BCUT2D eigenvalue weighted by atomic mass is 10.1. The molecule has 0 unspecified atom stereocenters. The van der Waals surface area contributed by atoms with Crippen LogP contribution in [0.15, 0.2) is 58.5 Å². The third-order valence-corrected chi connectivity index (χ3v) is 5.00. The normalized spacial score (nSPS) is 10.9. The van der Waals surface area contributed by atoms with Crippen LogP contribution in [0.2, 0.25) is 0 Å². The van der Waals surface area contributed by atoms with E-state index in [4.69, 9.17) is 0 Å². The number of rotatable bonds is 7. The van der Waals surface area contributed by atoms with Crippen LogP contribution in [0.4, 0.5) is 0 Å². The van der Waals surface area contributed by atoms with Gasteiger partial charge in [-0.3, -0.25) is 4.79 Å². The molecule has 2 aromatic carbocycles. The molecule has 0 aliphatic heterocycles. The minimum atomic E-state index is -0.0828. The lowest BCUT2D eigenvalue weighted by molar-refractivity contribution is -0.118. The van der Waals surface area contributed by atoms with Crippen molar-refractivity contribution in [3.63, 3.8) is 0 Å². The summed E-state index contributed by atoms with van der Waals surface area (Å²) in [6.45, 7) is 2.09. The van der Waals surface area contributed by atoms with Crippen molar-refractivity contribution in [1.82, 2.24) is 5.43 Å². The standard InChI is InChI=1S/C18H20N2OS2/c1-14-5-3-4-6-16(14)12-23-13-18(21)20-19-11-15-7-9-17(22-2)10-8-15/h3-11H,12-13H2,1-2H3,(H,20,21)/b19-11-. The highest BCUT2D eigenvalue weighted by Crippen LogP contribution is 2.15. The summed E-state index contributed by atoms with van der Waals surface area (Å²) in [5, 5.41) is 4.00. The third kappa shape index (κ3) is 6.12. The number of carbonyl (C=O) groups excluding carboxylic acids is 1. The Hall–Kier alpha value is -1.72. The number of hydrogen-bond acceptors (Lipinski definition) is 4. The van der Waals surface area contributed by atoms with Crippen molar-refractivity contribution >= 4 is 35.6 Å². The number of aryl methyl sites for hydroxylation is 1. The van der Waals surface area contributed by atoms with Crippen molar-refractivity contribution in [2.75, 3.05) is 12.0 Å². The quantitative estimate of drug-likeness (QED) is 0.467. The van der Waals surface area contributed by atoms with E-state index in [0.717, 1.165) is 11.3 Å². The van der Waals surface area contributed by atoms with Crippen LogP contribution in [0.25, 0.3) is 0 Å². The van der Waals surface area contributed by atoms with E-state index in [1.54, 1.807) is 29.7 Å². The van der Waals surface area contributed by atoms with Crippen LogP contribution in [-0.2, 0) is 10.5 Å². The largest absolute Gasteiger partial charge is 0.272 e. The molecule has 2 rings (SSSR count). The van der Waals surface area contributed by atoms with Crippen LogP contribution in [0, 0.1) is 6.92 Å². The molecule has 0 atom stereocenters. The Balaban J connectivity index is 1.72. The fraction of sp³-hybridized carbons (Fsp3) is 0.222. The Bertz CT molecular complexity index is 669. The average Bonchev–Trinajstić information content (AvgIpc) is 2.57. The molecule has 0 heterocycles. The van der Waals surface area contributed by atoms with Gasteiger partial charge in [-0.15, -0.1) is 23.5 Å². The number of nitrogens with zero attached hydrogens (tertiary/aromatic N) is 1. The zero-order valence-electron chi connectivity index (χ0n) is 13.3. The van der Waals surface area contributed by atoms with Gasteiger partial charge in [-0.05, 0) is 42.0 Å². The molecule has 0 radical (unpaired) electrons. The van der Waals surface area contributed by atoms with E-state index in [0.29, 0.717) is 5.75 Å². The summed E-state index contributed by atoms with van der Waals surface area (Å²) in [4.78, 5) is 13.0. The average molecular weight is 345 g/mol. The minimum Gasteiger partial charge on any atom is -0.272 e. The smallest absolute Gasteiger partial charge is 0.250 e. The predicted molar refractivity (Wildman–Crippen MR) is 101 cm³/mol. The fourth-order valence-corrected chi connectivity index (χ4v) is 3.23. The molecule has 0 bridgehead atoms. The number of hydrazone groups is 1. The maximum atomic E-state index is 11.8. The molecule has 5 heteroatoms. The van der Waals surface area contributed by atoms with Gasteiger partial charge in [-0.1, -0.05) is 36.4 Å². The van der Waals surface area contributed by atoms with E-state index in [1.807, 2.05) is 42.7 Å². The zero-order valence-corrected chi connectivity index (χ0v) is 14.9. The monoisotopic (exact) mass is 344 g/mol. The van der Waals surface area contributed by atoms with Gasteiger partial charge < -0.3 is 0 Å². The molecule has 0 saturated carbocycles. The molecule has 120 valence electrons. The van der Waals surface area contributed by atoms with E-state index >= 15 is 0 Å². The zero-order chi connectivity index (χ0) is 16.5. The first-order chi connectivity index (χ1) is 11.2. The van der Waals surface area contributed by atoms with Gasteiger partial charge in [-0.25, -0.2) is 5.43 Å². The van der Waals surface area contributed by atoms with Crippen molar-refractivity contribution in [2.45, 2.75) is 17.6 Å². The van der Waals surface area contributed by atoms with Crippen molar-refractivity contribution in [3.05, 3.63) is 65.2 Å². The van der Waals surface area contributed by atoms with E-state index in [1.165, 1.54) is 16.0 Å². The summed E-state index contributed by atoms with van der Waals surface area (Å²) >= 11 is 3.29. The van der Waals surface area contributed by atoms with Crippen LogP contribution < -0.4 is 5.43 Å². The molecule has 1 amide bonds. The Morgan fingerprint density at radius 1 is 1.17 bits per heavy atom. The third-order valence-electron chi connectivity index (χ3n) is 3.27. The number of thioether (sulfide) groups is 2. The molecule has 0 aliphatic rings. The number of benzene rings is 2. The van der Waals surface area contributed by atoms with Gasteiger partial charge in [0.25, 0.3) is 0 Å². The maximum Gasteiger partial charge on any atom is 0.250 e. The number of nitrogens with one attached hydrogen (secondary N) is 1. The maximum absolute atomic E-state index is 11.8. The molecule has 3 nitrogen and oxygen atoms in total. The molecule has 23 heavy (non-hydrogen) atoms. The highest BCUT2D eigenvalue weighted by molar-refractivity contribution is 7.99. The van der Waals surface area contributed by atoms with Crippen molar-refractivity contribution < 1.29 is 4.79 Å². The number of carbonyl (C=O) groups is 1. The summed E-state index contributed by atoms with van der Waals surface area (Å²) in [5.74, 6) is 1.15. The summed E-state index contributed by atoms with van der Waals surface area (Å²) < 4.78 is 0. The topological polar surface area (TPSA) is 41.5 Å². The van der Waals surface area contributed by atoms with Gasteiger partial charge >= 0.3 is 0 Å². The molecule has 0 spiro atoms. The summed E-state index contributed by atoms with van der Waals surface area (Å²) in [6, 6.07) is 16.3. The van der Waals surface area contributed by atoms with Gasteiger partial charge in [0.05, 0.1) is 12.0 Å². The number of hydrogen-bond donors (Lipinski definition) is 1. The highest BCUT2D eigenvalue weighted by Gasteiger charge is 2.02. The Morgan fingerprint density at radius 2 is 1.91 bits per heavy atom. The van der Waals surface area contributed by atoms with Crippen LogP contribution in [0.3, 0.4) is 0 Å². The first kappa shape index (κ1) is 17.6. The van der Waals surface area contributed by atoms with Gasteiger partial charge in [0, 0.05) is 10.6 Å². The van der Waals surface area contributed by atoms with Crippen molar-refractivity contribution in [3.8, 4) is 0 Å². The van der Waals surface area contributed by atoms with Gasteiger partial charge in [0.2, 0.25) is 5.91 Å². The SMILES string of the molecule is CSc1ccc(/C=N\NC(=O)CSCc2ccccc2C)cc1. The first-order valence-electron chi connectivity index (χ1n) is 7.27. The van der Waals surface area contributed by atoms with Crippen molar-refractivity contribution in [1.29, 1.82) is 0 Å². The summed E-state index contributed by atoms with van der Waals surface area (Å²) in [7, 11) is 0. The number of amides is 1. The molecule has 0 fully saturated rings. The predicted octanol–water partition coefficient (Wildman–Crippen LogP) is 4.10. The van der Waals surface area contributed by atoms with Crippen molar-refractivity contribution in [2.24, 2.45) is 5.10 Å². The Kier molecular flexibility index (Phi) is 7.23. The van der Waals surface area contributed by atoms with Crippen LogP contribution >= 0.6 is 23.5 Å². The highest BCUT2D eigenvalue weighted by atomic mass is 32.2. The van der Waals surface area contributed by atoms with E-state index in [2.05, 4.69) is 29.6 Å². The Morgan fingerprint density at radius 3 is 2.61 bits per heavy atom. The lowest BCUT2D eigenvalue weighted by Gasteiger charge is -2.04. The molecule has 1 N–H and O–H groups in total. The van der Waals surface area contributed by atoms with Crippen LogP contribution in [0.1, 0.15) is 16.7 Å². The van der Waals surface area contributed by atoms with E-state index < -0.39 is 0 Å². The fourth-order valence-electron chi connectivity index (χ4n) is 1.93. The molecule has 0 saturated heterocycles. The van der Waals surface area contributed by atoms with Crippen LogP contribution in [0.5, 0.6) is 0 Å². The minimum absolute atomic E-state index is 0.0828.